The summed E-state index contributed by atoms with van der Waals surface area (Å²) in [5.41, 5.74) is 6.88. The third kappa shape index (κ3) is 1.95. The van der Waals surface area contributed by atoms with E-state index in [1.165, 1.54) is 0 Å². The highest BCUT2D eigenvalue weighted by atomic mass is 35.5. The van der Waals surface area contributed by atoms with E-state index in [9.17, 15) is 4.79 Å². The van der Waals surface area contributed by atoms with Crippen LogP contribution in [-0.2, 0) is 4.79 Å². The number of carbonyl (C=O) groups is 1. The normalized spacial score (nSPS) is 12.5. The third-order valence-corrected chi connectivity index (χ3v) is 1.73. The smallest absolute Gasteiger partial charge is 0.142 e. The molecule has 2 nitrogen and oxygen atoms in total. The summed E-state index contributed by atoms with van der Waals surface area (Å²) in [6, 6.07) is 6.91. The molecule has 0 heterocycles. The van der Waals surface area contributed by atoms with Gasteiger partial charge in [-0.3, -0.25) is 0 Å². The van der Waals surface area contributed by atoms with Crippen molar-refractivity contribution in [2.45, 2.75) is 5.38 Å². The van der Waals surface area contributed by atoms with Gasteiger partial charge in [0.25, 0.3) is 0 Å². The predicted octanol–water partition coefficient (Wildman–Crippen LogP) is 1.75. The van der Waals surface area contributed by atoms with Gasteiger partial charge in [-0.1, -0.05) is 12.1 Å². The van der Waals surface area contributed by atoms with Gasteiger partial charge in [-0.15, -0.1) is 11.6 Å². The molecule has 0 saturated heterocycles. The van der Waals surface area contributed by atoms with Crippen molar-refractivity contribution >= 4 is 23.6 Å². The maximum Gasteiger partial charge on any atom is 0.142 e. The van der Waals surface area contributed by atoms with Gasteiger partial charge in [0.15, 0.2) is 0 Å². The molecule has 0 amide bonds. The molecule has 0 aliphatic heterocycles. The van der Waals surface area contributed by atoms with Gasteiger partial charge in [0.05, 0.1) is 0 Å². The van der Waals surface area contributed by atoms with Gasteiger partial charge in [-0.05, 0) is 17.7 Å². The second-order valence-corrected chi connectivity index (χ2v) is 2.67. The molecule has 0 aromatic heterocycles. The van der Waals surface area contributed by atoms with Crippen LogP contribution < -0.4 is 5.73 Å². The zero-order valence-electron chi connectivity index (χ0n) is 5.83. The molecule has 0 saturated carbocycles. The topological polar surface area (TPSA) is 43.1 Å². The number of anilines is 1. The summed E-state index contributed by atoms with van der Waals surface area (Å²) in [5.74, 6) is 0. The van der Waals surface area contributed by atoms with Crippen molar-refractivity contribution in [2.24, 2.45) is 0 Å². The maximum absolute atomic E-state index is 10.2. The maximum atomic E-state index is 10.2. The lowest BCUT2D eigenvalue weighted by molar-refractivity contribution is -0.107. The Hall–Kier alpha value is -1.02. The summed E-state index contributed by atoms with van der Waals surface area (Å²) in [7, 11) is 0. The second-order valence-electron chi connectivity index (χ2n) is 2.20. The van der Waals surface area contributed by atoms with Crippen LogP contribution in [0.4, 0.5) is 5.69 Å². The molecular weight excluding hydrogens is 162 g/mol. The third-order valence-electron chi connectivity index (χ3n) is 1.37. The number of hydrogen-bond acceptors (Lipinski definition) is 2. The molecule has 1 aromatic carbocycles. The van der Waals surface area contributed by atoms with Crippen LogP contribution in [0.5, 0.6) is 0 Å². The summed E-state index contributed by atoms with van der Waals surface area (Å²) in [6.45, 7) is 0. The fourth-order valence-electron chi connectivity index (χ4n) is 0.758. The molecule has 0 aliphatic rings. The Morgan fingerprint density at radius 1 is 1.36 bits per heavy atom. The van der Waals surface area contributed by atoms with E-state index in [0.717, 1.165) is 5.56 Å². The molecule has 0 spiro atoms. The predicted molar refractivity (Wildman–Crippen MR) is 45.5 cm³/mol. The van der Waals surface area contributed by atoms with Crippen molar-refractivity contribution in [3.63, 3.8) is 0 Å². The van der Waals surface area contributed by atoms with E-state index in [1.54, 1.807) is 24.3 Å². The van der Waals surface area contributed by atoms with Crippen molar-refractivity contribution in [1.29, 1.82) is 0 Å². The van der Waals surface area contributed by atoms with Gasteiger partial charge in [0, 0.05) is 5.69 Å². The highest BCUT2D eigenvalue weighted by Crippen LogP contribution is 2.18. The average Bonchev–Trinajstić information content (AvgIpc) is 2.05. The first-order valence-corrected chi connectivity index (χ1v) is 3.62. The van der Waals surface area contributed by atoms with Crippen LogP contribution in [0.15, 0.2) is 24.3 Å². The number of rotatable bonds is 2. The lowest BCUT2D eigenvalue weighted by Gasteiger charge is -2.00. The van der Waals surface area contributed by atoms with Crippen molar-refractivity contribution in [3.8, 4) is 0 Å². The summed E-state index contributed by atoms with van der Waals surface area (Å²) in [6.07, 6.45) is 0.688. The Balaban J connectivity index is 2.89. The minimum atomic E-state index is -0.560. The van der Waals surface area contributed by atoms with Crippen molar-refractivity contribution in [1.82, 2.24) is 0 Å². The molecule has 0 bridgehead atoms. The fourth-order valence-corrected chi connectivity index (χ4v) is 0.904. The molecule has 11 heavy (non-hydrogen) atoms. The molecule has 1 rings (SSSR count). The van der Waals surface area contributed by atoms with Crippen LogP contribution in [0.1, 0.15) is 10.9 Å². The quantitative estimate of drug-likeness (QED) is 0.417. The van der Waals surface area contributed by atoms with E-state index in [4.69, 9.17) is 17.3 Å². The van der Waals surface area contributed by atoms with E-state index in [1.807, 2.05) is 0 Å². The standard InChI is InChI=1S/C8H8ClNO/c9-8(5-11)6-1-3-7(10)4-2-6/h1-5,8H,10H2. The zero-order chi connectivity index (χ0) is 8.27. The molecule has 1 aromatic rings. The van der Waals surface area contributed by atoms with Gasteiger partial charge in [-0.25, -0.2) is 0 Å². The average molecular weight is 170 g/mol. The van der Waals surface area contributed by atoms with Gasteiger partial charge < -0.3 is 10.5 Å². The lowest BCUT2D eigenvalue weighted by Crippen LogP contribution is -1.91. The van der Waals surface area contributed by atoms with E-state index >= 15 is 0 Å². The van der Waals surface area contributed by atoms with Crippen molar-refractivity contribution in [3.05, 3.63) is 29.8 Å². The first kappa shape index (κ1) is 8.08. The highest BCUT2D eigenvalue weighted by Gasteiger charge is 2.03. The van der Waals surface area contributed by atoms with Crippen molar-refractivity contribution in [2.75, 3.05) is 5.73 Å². The molecule has 2 N–H and O–H groups in total. The minimum absolute atomic E-state index is 0.560. The Bertz CT molecular complexity index is 245. The van der Waals surface area contributed by atoms with Gasteiger partial charge in [0.1, 0.15) is 11.7 Å². The monoisotopic (exact) mass is 169 g/mol. The zero-order valence-corrected chi connectivity index (χ0v) is 6.58. The summed E-state index contributed by atoms with van der Waals surface area (Å²) in [4.78, 5) is 10.2. The van der Waals surface area contributed by atoms with Gasteiger partial charge in [0.2, 0.25) is 0 Å². The van der Waals surface area contributed by atoms with Crippen LogP contribution >= 0.6 is 11.6 Å². The number of nitrogen functional groups attached to an aromatic ring is 1. The molecule has 0 radical (unpaired) electrons. The van der Waals surface area contributed by atoms with E-state index in [0.29, 0.717) is 12.0 Å². The van der Waals surface area contributed by atoms with Crippen LogP contribution in [0.3, 0.4) is 0 Å². The van der Waals surface area contributed by atoms with Crippen LogP contribution in [0.2, 0.25) is 0 Å². The van der Waals surface area contributed by atoms with Crippen LogP contribution in [0, 0.1) is 0 Å². The molecule has 1 atom stereocenters. The van der Waals surface area contributed by atoms with E-state index in [2.05, 4.69) is 0 Å². The molecule has 0 aliphatic carbocycles. The lowest BCUT2D eigenvalue weighted by atomic mass is 10.1. The molecule has 3 heteroatoms. The Morgan fingerprint density at radius 3 is 2.36 bits per heavy atom. The Labute approximate surface area is 70.0 Å². The molecule has 58 valence electrons. The Morgan fingerprint density at radius 2 is 1.91 bits per heavy atom. The fraction of sp³-hybridized carbons (Fsp3) is 0.125. The largest absolute Gasteiger partial charge is 0.399 e. The highest BCUT2D eigenvalue weighted by molar-refractivity contribution is 6.27. The summed E-state index contributed by atoms with van der Waals surface area (Å²) < 4.78 is 0. The first-order valence-electron chi connectivity index (χ1n) is 3.19. The summed E-state index contributed by atoms with van der Waals surface area (Å²) in [5, 5.41) is -0.560. The number of benzene rings is 1. The SMILES string of the molecule is Nc1ccc(C(Cl)C=O)cc1. The number of alkyl halides is 1. The number of carbonyl (C=O) groups excluding carboxylic acids is 1. The van der Waals surface area contributed by atoms with E-state index in [-0.39, 0.29) is 0 Å². The minimum Gasteiger partial charge on any atom is -0.399 e. The number of aldehydes is 1. The molecular formula is C8H8ClNO. The number of hydrogen-bond donors (Lipinski definition) is 1. The Kier molecular flexibility index (Phi) is 2.49. The second kappa shape index (κ2) is 3.39. The molecule has 1 unspecified atom stereocenters. The van der Waals surface area contributed by atoms with Gasteiger partial charge in [-0.2, -0.15) is 0 Å². The number of halogens is 1. The van der Waals surface area contributed by atoms with E-state index < -0.39 is 5.38 Å². The van der Waals surface area contributed by atoms with Crippen LogP contribution in [-0.4, -0.2) is 6.29 Å². The van der Waals surface area contributed by atoms with Gasteiger partial charge >= 0.3 is 0 Å². The van der Waals surface area contributed by atoms with Crippen molar-refractivity contribution < 1.29 is 4.79 Å². The first-order chi connectivity index (χ1) is 5.24. The summed E-state index contributed by atoms with van der Waals surface area (Å²) >= 11 is 5.63. The molecule has 0 fully saturated rings. The number of nitrogens with two attached hydrogens (primary N) is 1. The van der Waals surface area contributed by atoms with Crippen LogP contribution in [0.25, 0.3) is 0 Å².